The van der Waals surface area contributed by atoms with Crippen LogP contribution in [0, 0.1) is 11.6 Å². The number of amides is 2. The number of pyridine rings is 1. The Morgan fingerprint density at radius 2 is 1.81 bits per heavy atom. The molecule has 162 valence electrons. The molecule has 2 amide bonds. The van der Waals surface area contributed by atoms with Crippen molar-refractivity contribution in [2.75, 3.05) is 49.6 Å². The van der Waals surface area contributed by atoms with E-state index in [2.05, 4.69) is 15.2 Å². The molecule has 0 spiro atoms. The first-order chi connectivity index (χ1) is 15.1. The summed E-state index contributed by atoms with van der Waals surface area (Å²) in [6, 6.07) is 3.67. The summed E-state index contributed by atoms with van der Waals surface area (Å²) in [5.41, 5.74) is 2.37. The second-order valence-electron chi connectivity index (χ2n) is 7.81. The average Bonchev–Trinajstić information content (AvgIpc) is 3.47. The van der Waals surface area contributed by atoms with Gasteiger partial charge in [0.1, 0.15) is 11.6 Å². The van der Waals surface area contributed by atoms with Crippen molar-refractivity contribution in [2.45, 2.75) is 12.8 Å². The lowest BCUT2D eigenvalue weighted by molar-refractivity contribution is 0.123. The summed E-state index contributed by atoms with van der Waals surface area (Å²) in [6.45, 7) is 3.90. The molecule has 0 atom stereocenters. The van der Waals surface area contributed by atoms with Gasteiger partial charge in [-0.1, -0.05) is 0 Å². The maximum atomic E-state index is 14.8. The number of aromatic nitrogens is 2. The van der Waals surface area contributed by atoms with E-state index in [9.17, 15) is 13.6 Å². The number of hydrogen-bond donors (Lipinski definition) is 1. The number of fused-ring (bicyclic) bond motifs is 1. The Labute approximate surface area is 178 Å². The van der Waals surface area contributed by atoms with Crippen LogP contribution in [0.2, 0.25) is 0 Å². The number of urea groups is 1. The third kappa shape index (κ3) is 3.81. The first-order valence-electron chi connectivity index (χ1n) is 10.4. The number of benzene rings is 1. The summed E-state index contributed by atoms with van der Waals surface area (Å²) in [5, 5.41) is 2.60. The molecular formula is C22H23F2N5O2. The van der Waals surface area contributed by atoms with Crippen LogP contribution in [-0.4, -0.2) is 59.7 Å². The largest absolute Gasteiger partial charge is 0.378 e. The SMILES string of the molecule is O=C(Nc1cc(-c2cc(N3CCOCC3)c3nccn3c2)c(F)cc1F)N1CCCC1. The molecule has 2 aliphatic heterocycles. The van der Waals surface area contributed by atoms with Crippen LogP contribution in [-0.2, 0) is 4.74 Å². The lowest BCUT2D eigenvalue weighted by Crippen LogP contribution is -2.36. The Kier molecular flexibility index (Phi) is 5.19. The van der Waals surface area contributed by atoms with E-state index >= 15 is 0 Å². The normalized spacial score (nSPS) is 16.8. The lowest BCUT2D eigenvalue weighted by Gasteiger charge is -2.29. The Morgan fingerprint density at radius 1 is 1.03 bits per heavy atom. The van der Waals surface area contributed by atoms with E-state index in [0.29, 0.717) is 45.0 Å². The van der Waals surface area contributed by atoms with Gasteiger partial charge in [-0.25, -0.2) is 18.6 Å². The second kappa shape index (κ2) is 8.14. The number of nitrogens with one attached hydrogen (secondary N) is 1. The van der Waals surface area contributed by atoms with Gasteiger partial charge in [-0.2, -0.15) is 0 Å². The fourth-order valence-electron chi connectivity index (χ4n) is 4.18. The molecule has 2 aliphatic rings. The minimum atomic E-state index is -0.800. The van der Waals surface area contributed by atoms with Gasteiger partial charge in [-0.05, 0) is 25.0 Å². The van der Waals surface area contributed by atoms with Gasteiger partial charge in [0.25, 0.3) is 0 Å². The summed E-state index contributed by atoms with van der Waals surface area (Å²) < 4.78 is 36.6. The van der Waals surface area contributed by atoms with E-state index in [1.165, 1.54) is 6.07 Å². The van der Waals surface area contributed by atoms with Gasteiger partial charge in [-0.15, -0.1) is 0 Å². The topological polar surface area (TPSA) is 62.1 Å². The number of hydrogen-bond acceptors (Lipinski definition) is 4. The monoisotopic (exact) mass is 427 g/mol. The smallest absolute Gasteiger partial charge is 0.321 e. The highest BCUT2D eigenvalue weighted by Crippen LogP contribution is 2.33. The fourth-order valence-corrected chi connectivity index (χ4v) is 4.18. The zero-order valence-electron chi connectivity index (χ0n) is 17.0. The van der Waals surface area contributed by atoms with Crippen molar-refractivity contribution in [3.63, 3.8) is 0 Å². The molecule has 3 aromatic rings. The summed E-state index contributed by atoms with van der Waals surface area (Å²) in [6.07, 6.45) is 7.10. The van der Waals surface area contributed by atoms with Crippen molar-refractivity contribution in [3.8, 4) is 11.1 Å². The van der Waals surface area contributed by atoms with Crippen LogP contribution in [0.5, 0.6) is 0 Å². The number of halogens is 2. The Bertz CT molecular complexity index is 1120. The van der Waals surface area contributed by atoms with Crippen LogP contribution >= 0.6 is 0 Å². The number of imidazole rings is 1. The molecule has 31 heavy (non-hydrogen) atoms. The predicted molar refractivity (Wildman–Crippen MR) is 113 cm³/mol. The van der Waals surface area contributed by atoms with Gasteiger partial charge >= 0.3 is 6.03 Å². The molecule has 0 saturated carbocycles. The maximum absolute atomic E-state index is 14.8. The minimum absolute atomic E-state index is 0.0352. The van der Waals surface area contributed by atoms with E-state index in [4.69, 9.17) is 4.74 Å². The summed E-state index contributed by atoms with van der Waals surface area (Å²) >= 11 is 0. The number of anilines is 2. The molecule has 2 aromatic heterocycles. The Hall–Kier alpha value is -3.20. The molecule has 1 N–H and O–H groups in total. The number of carbonyl (C=O) groups excluding carboxylic acids is 1. The molecule has 4 heterocycles. The van der Waals surface area contributed by atoms with E-state index in [1.807, 2.05) is 10.5 Å². The van der Waals surface area contributed by atoms with E-state index in [-0.39, 0.29) is 17.3 Å². The van der Waals surface area contributed by atoms with Crippen molar-refractivity contribution in [1.29, 1.82) is 0 Å². The lowest BCUT2D eigenvalue weighted by atomic mass is 10.0. The predicted octanol–water partition coefficient (Wildman–Crippen LogP) is 3.74. The summed E-state index contributed by atoms with van der Waals surface area (Å²) in [4.78, 5) is 20.6. The molecule has 2 fully saturated rings. The molecule has 0 aliphatic carbocycles. The second-order valence-corrected chi connectivity index (χ2v) is 7.81. The Morgan fingerprint density at radius 3 is 2.58 bits per heavy atom. The molecule has 2 saturated heterocycles. The number of likely N-dealkylation sites (tertiary alicyclic amines) is 1. The molecule has 0 unspecified atom stereocenters. The van der Waals surface area contributed by atoms with Crippen LogP contribution < -0.4 is 10.2 Å². The van der Waals surface area contributed by atoms with E-state index in [1.54, 1.807) is 23.5 Å². The average molecular weight is 427 g/mol. The van der Waals surface area contributed by atoms with Crippen LogP contribution in [0.1, 0.15) is 12.8 Å². The molecule has 5 rings (SSSR count). The van der Waals surface area contributed by atoms with Crippen molar-refractivity contribution < 1.29 is 18.3 Å². The maximum Gasteiger partial charge on any atom is 0.321 e. The third-order valence-corrected chi connectivity index (χ3v) is 5.82. The highest BCUT2D eigenvalue weighted by atomic mass is 19.1. The summed E-state index contributed by atoms with van der Waals surface area (Å²) in [5.74, 6) is -1.49. The van der Waals surface area contributed by atoms with E-state index < -0.39 is 11.6 Å². The number of morpholine rings is 1. The van der Waals surface area contributed by atoms with Gasteiger partial charge in [0.2, 0.25) is 0 Å². The van der Waals surface area contributed by atoms with Crippen molar-refractivity contribution in [2.24, 2.45) is 0 Å². The fraction of sp³-hybridized carbons (Fsp3) is 0.364. The van der Waals surface area contributed by atoms with Gasteiger partial charge in [0, 0.05) is 62.0 Å². The highest BCUT2D eigenvalue weighted by Gasteiger charge is 2.22. The quantitative estimate of drug-likeness (QED) is 0.692. The number of carbonyl (C=O) groups is 1. The number of nitrogens with zero attached hydrogens (tertiary/aromatic N) is 4. The van der Waals surface area contributed by atoms with Crippen LogP contribution in [0.4, 0.5) is 25.0 Å². The molecule has 0 bridgehead atoms. The molecular weight excluding hydrogens is 404 g/mol. The first kappa shape index (κ1) is 19.7. The standard InChI is InChI=1S/C22H23F2N5O2/c23-17-13-18(24)19(26-22(30)28-4-1-2-5-28)12-16(17)15-11-20(27-7-9-31-10-8-27)21-25-3-6-29(21)14-15/h3,6,11-14H,1-2,4-5,7-10H2,(H,26,30). The Balaban J connectivity index is 1.54. The van der Waals surface area contributed by atoms with Gasteiger partial charge < -0.3 is 24.3 Å². The van der Waals surface area contributed by atoms with Crippen LogP contribution in [0.25, 0.3) is 16.8 Å². The van der Waals surface area contributed by atoms with Crippen LogP contribution in [0.3, 0.4) is 0 Å². The van der Waals surface area contributed by atoms with Crippen LogP contribution in [0.15, 0.2) is 36.8 Å². The zero-order valence-corrected chi connectivity index (χ0v) is 17.0. The van der Waals surface area contributed by atoms with Crippen molar-refractivity contribution in [1.82, 2.24) is 14.3 Å². The molecule has 1 aromatic carbocycles. The summed E-state index contributed by atoms with van der Waals surface area (Å²) in [7, 11) is 0. The number of ether oxygens (including phenoxy) is 1. The molecule has 0 radical (unpaired) electrons. The van der Waals surface area contributed by atoms with Gasteiger partial charge in [0.15, 0.2) is 5.65 Å². The van der Waals surface area contributed by atoms with Gasteiger partial charge in [0.05, 0.1) is 24.6 Å². The van der Waals surface area contributed by atoms with Gasteiger partial charge in [-0.3, -0.25) is 0 Å². The van der Waals surface area contributed by atoms with E-state index in [0.717, 1.165) is 30.2 Å². The highest BCUT2D eigenvalue weighted by molar-refractivity contribution is 5.91. The van der Waals surface area contributed by atoms with Crippen molar-refractivity contribution in [3.05, 3.63) is 48.4 Å². The number of rotatable bonds is 3. The third-order valence-electron chi connectivity index (χ3n) is 5.82. The molecule has 7 nitrogen and oxygen atoms in total. The first-order valence-corrected chi connectivity index (χ1v) is 10.4. The zero-order chi connectivity index (χ0) is 21.4. The molecule has 9 heteroatoms. The van der Waals surface area contributed by atoms with Crippen molar-refractivity contribution >= 4 is 23.1 Å². The minimum Gasteiger partial charge on any atom is -0.378 e.